The van der Waals surface area contributed by atoms with Gasteiger partial charge in [0.25, 0.3) is 0 Å². The second-order valence-corrected chi connectivity index (χ2v) is 5.93. The van der Waals surface area contributed by atoms with Crippen molar-refractivity contribution in [3.8, 4) is 11.5 Å². The molecule has 1 aromatic carbocycles. The van der Waals surface area contributed by atoms with Crippen LogP contribution in [0.25, 0.3) is 0 Å². The van der Waals surface area contributed by atoms with E-state index in [9.17, 15) is 8.42 Å². The van der Waals surface area contributed by atoms with Crippen molar-refractivity contribution >= 4 is 10.0 Å². The third-order valence-corrected chi connectivity index (χ3v) is 4.14. The van der Waals surface area contributed by atoms with E-state index in [0.717, 1.165) is 13.0 Å². The van der Waals surface area contributed by atoms with Gasteiger partial charge in [0.1, 0.15) is 0 Å². The molecule has 0 heterocycles. The molecular formula is C13H22N2O4S. The molecule has 7 heteroatoms. The number of benzene rings is 1. The van der Waals surface area contributed by atoms with Crippen LogP contribution in [0.5, 0.6) is 11.5 Å². The Labute approximate surface area is 120 Å². The largest absolute Gasteiger partial charge is 0.493 e. The van der Waals surface area contributed by atoms with Crippen LogP contribution in [0.15, 0.2) is 23.1 Å². The topological polar surface area (TPSA) is 76.7 Å². The van der Waals surface area contributed by atoms with E-state index in [-0.39, 0.29) is 4.90 Å². The summed E-state index contributed by atoms with van der Waals surface area (Å²) in [5.74, 6) is 0.885. The summed E-state index contributed by atoms with van der Waals surface area (Å²) in [5, 5.41) is 3.13. The zero-order chi connectivity index (χ0) is 15.0. The molecule has 1 aromatic rings. The van der Waals surface area contributed by atoms with Gasteiger partial charge in [-0.1, -0.05) is 6.92 Å². The van der Waals surface area contributed by atoms with Crippen molar-refractivity contribution in [3.63, 3.8) is 0 Å². The predicted molar refractivity (Wildman–Crippen MR) is 77.9 cm³/mol. The van der Waals surface area contributed by atoms with Crippen LogP contribution in [0.4, 0.5) is 0 Å². The lowest BCUT2D eigenvalue weighted by atomic mass is 10.3. The smallest absolute Gasteiger partial charge is 0.240 e. The van der Waals surface area contributed by atoms with Crippen LogP contribution >= 0.6 is 0 Å². The average molecular weight is 302 g/mol. The average Bonchev–Trinajstić information content (AvgIpc) is 2.46. The minimum atomic E-state index is -3.53. The molecule has 0 aliphatic rings. The maximum absolute atomic E-state index is 12.1. The van der Waals surface area contributed by atoms with Gasteiger partial charge in [0.05, 0.1) is 19.1 Å². The third kappa shape index (κ3) is 4.66. The molecule has 0 spiro atoms. The molecule has 1 rings (SSSR count). The van der Waals surface area contributed by atoms with Crippen LogP contribution in [-0.4, -0.2) is 42.3 Å². The van der Waals surface area contributed by atoms with Crippen LogP contribution in [0.3, 0.4) is 0 Å². The molecule has 0 aliphatic carbocycles. The quantitative estimate of drug-likeness (QED) is 0.665. The van der Waals surface area contributed by atoms with Crippen LogP contribution in [0.1, 0.15) is 13.3 Å². The van der Waals surface area contributed by atoms with Gasteiger partial charge >= 0.3 is 0 Å². The van der Waals surface area contributed by atoms with Crippen molar-refractivity contribution in [1.29, 1.82) is 0 Å². The molecule has 2 N–H and O–H groups in total. The number of methoxy groups -OCH3 is 2. The fraction of sp³-hybridized carbons (Fsp3) is 0.538. The van der Waals surface area contributed by atoms with Gasteiger partial charge in [-0.15, -0.1) is 0 Å². The molecule has 0 aromatic heterocycles. The summed E-state index contributed by atoms with van der Waals surface area (Å²) in [5.41, 5.74) is 0. The highest BCUT2D eigenvalue weighted by atomic mass is 32.2. The second-order valence-electron chi connectivity index (χ2n) is 4.16. The molecule has 114 valence electrons. The summed E-state index contributed by atoms with van der Waals surface area (Å²) in [6.45, 7) is 3.87. The molecule has 0 fully saturated rings. The number of rotatable bonds is 9. The lowest BCUT2D eigenvalue weighted by Crippen LogP contribution is -2.32. The molecule has 0 radical (unpaired) electrons. The van der Waals surface area contributed by atoms with Crippen molar-refractivity contribution in [2.24, 2.45) is 0 Å². The molecular weight excluding hydrogens is 280 g/mol. The Morgan fingerprint density at radius 1 is 1.05 bits per heavy atom. The molecule has 0 amide bonds. The predicted octanol–water partition coefficient (Wildman–Crippen LogP) is 0.982. The zero-order valence-corrected chi connectivity index (χ0v) is 12.9. The minimum Gasteiger partial charge on any atom is -0.493 e. The lowest BCUT2D eigenvalue weighted by molar-refractivity contribution is 0.354. The standard InChI is InChI=1S/C13H22N2O4S/c1-4-7-14-8-9-15-20(16,17)11-5-6-12(18-2)13(10-11)19-3/h5-6,10,14-15H,4,7-9H2,1-3H3. The fourth-order valence-electron chi connectivity index (χ4n) is 1.64. The summed E-state index contributed by atoms with van der Waals surface area (Å²) < 4.78 is 36.9. The summed E-state index contributed by atoms with van der Waals surface area (Å²) in [4.78, 5) is 0.158. The molecule has 6 nitrogen and oxygen atoms in total. The van der Waals surface area contributed by atoms with Crippen molar-refractivity contribution in [2.75, 3.05) is 33.9 Å². The number of sulfonamides is 1. The summed E-state index contributed by atoms with van der Waals surface area (Å²) in [6, 6.07) is 4.51. The normalized spacial score (nSPS) is 11.3. The van der Waals surface area contributed by atoms with Gasteiger partial charge < -0.3 is 14.8 Å². The van der Waals surface area contributed by atoms with E-state index < -0.39 is 10.0 Å². The Bertz CT molecular complexity index is 517. The van der Waals surface area contributed by atoms with Gasteiger partial charge in [-0.05, 0) is 25.1 Å². The van der Waals surface area contributed by atoms with Gasteiger partial charge in [0.15, 0.2) is 11.5 Å². The first-order chi connectivity index (χ1) is 9.55. The minimum absolute atomic E-state index is 0.158. The monoisotopic (exact) mass is 302 g/mol. The van der Waals surface area contributed by atoms with E-state index in [1.165, 1.54) is 26.4 Å². The van der Waals surface area contributed by atoms with Crippen LogP contribution in [0.2, 0.25) is 0 Å². The van der Waals surface area contributed by atoms with Crippen LogP contribution in [0, 0.1) is 0 Å². The molecule has 0 aliphatic heterocycles. The van der Waals surface area contributed by atoms with Crippen molar-refractivity contribution in [3.05, 3.63) is 18.2 Å². The zero-order valence-electron chi connectivity index (χ0n) is 12.1. The number of hydrogen-bond acceptors (Lipinski definition) is 5. The molecule has 0 atom stereocenters. The van der Waals surface area contributed by atoms with Crippen LogP contribution in [-0.2, 0) is 10.0 Å². The fourth-order valence-corrected chi connectivity index (χ4v) is 2.69. The molecule has 0 saturated heterocycles. The summed E-state index contributed by atoms with van der Waals surface area (Å²) in [6.07, 6.45) is 1.02. The summed E-state index contributed by atoms with van der Waals surface area (Å²) in [7, 11) is -0.558. The van der Waals surface area contributed by atoms with Gasteiger partial charge in [-0.3, -0.25) is 0 Å². The SMILES string of the molecule is CCCNCCNS(=O)(=O)c1ccc(OC)c(OC)c1. The van der Waals surface area contributed by atoms with E-state index in [2.05, 4.69) is 17.0 Å². The van der Waals surface area contributed by atoms with E-state index in [4.69, 9.17) is 9.47 Å². The Kier molecular flexibility index (Phi) is 6.77. The number of nitrogens with one attached hydrogen (secondary N) is 2. The molecule has 20 heavy (non-hydrogen) atoms. The number of ether oxygens (including phenoxy) is 2. The first-order valence-corrected chi connectivity index (χ1v) is 7.96. The molecule has 0 bridgehead atoms. The van der Waals surface area contributed by atoms with Gasteiger partial charge in [-0.2, -0.15) is 0 Å². The van der Waals surface area contributed by atoms with Gasteiger partial charge in [-0.25, -0.2) is 13.1 Å². The lowest BCUT2D eigenvalue weighted by Gasteiger charge is -2.11. The van der Waals surface area contributed by atoms with Crippen molar-refractivity contribution < 1.29 is 17.9 Å². The third-order valence-electron chi connectivity index (χ3n) is 2.69. The molecule has 0 saturated carbocycles. The Morgan fingerprint density at radius 3 is 2.35 bits per heavy atom. The Morgan fingerprint density at radius 2 is 1.75 bits per heavy atom. The first kappa shape index (κ1) is 16.7. The van der Waals surface area contributed by atoms with Gasteiger partial charge in [0.2, 0.25) is 10.0 Å². The van der Waals surface area contributed by atoms with Gasteiger partial charge in [0, 0.05) is 19.2 Å². The highest BCUT2D eigenvalue weighted by Gasteiger charge is 2.16. The van der Waals surface area contributed by atoms with Crippen molar-refractivity contribution in [2.45, 2.75) is 18.2 Å². The molecule has 0 unspecified atom stereocenters. The second kappa shape index (κ2) is 8.08. The Hall–Kier alpha value is -1.31. The van der Waals surface area contributed by atoms with Crippen molar-refractivity contribution in [1.82, 2.24) is 10.0 Å². The maximum atomic E-state index is 12.1. The maximum Gasteiger partial charge on any atom is 0.240 e. The highest BCUT2D eigenvalue weighted by molar-refractivity contribution is 7.89. The Balaban J connectivity index is 2.72. The highest BCUT2D eigenvalue weighted by Crippen LogP contribution is 2.29. The van der Waals surface area contributed by atoms with Crippen LogP contribution < -0.4 is 19.5 Å². The number of hydrogen-bond donors (Lipinski definition) is 2. The van der Waals surface area contributed by atoms with E-state index in [1.807, 2.05) is 0 Å². The summed E-state index contributed by atoms with van der Waals surface area (Å²) >= 11 is 0. The van der Waals surface area contributed by atoms with E-state index in [0.29, 0.717) is 24.6 Å². The first-order valence-electron chi connectivity index (χ1n) is 6.47. The van der Waals surface area contributed by atoms with E-state index >= 15 is 0 Å². The van der Waals surface area contributed by atoms with E-state index in [1.54, 1.807) is 6.07 Å².